The Labute approximate surface area is 478 Å². The minimum absolute atomic E-state index is 0.221. The summed E-state index contributed by atoms with van der Waals surface area (Å²) in [5.74, 6) is 2.42. The van der Waals surface area contributed by atoms with Crippen LogP contribution in [0.2, 0.25) is 0 Å². The second-order valence-electron chi connectivity index (χ2n) is 19.2. The van der Waals surface area contributed by atoms with Gasteiger partial charge in [-0.2, -0.15) is 0 Å². The van der Waals surface area contributed by atoms with Gasteiger partial charge >= 0.3 is 0 Å². The topological polar surface area (TPSA) is 108 Å². The average molecular weight is 1100 g/mol. The first-order valence-electron chi connectivity index (χ1n) is 26.5. The van der Waals surface area contributed by atoms with Crippen molar-refractivity contribution in [2.45, 2.75) is 11.2 Å². The molecule has 0 spiro atoms. The number of ether oxygens (including phenoxy) is 8. The third kappa shape index (κ3) is 13.9. The van der Waals surface area contributed by atoms with Crippen LogP contribution in [-0.4, -0.2) is 88.0 Å². The second kappa shape index (κ2) is 27.5. The molecule has 10 nitrogen and oxygen atoms in total. The summed E-state index contributed by atoms with van der Waals surface area (Å²) in [5, 5.41) is 0. The monoisotopic (exact) mass is 1100 g/mol. The summed E-state index contributed by atoms with van der Waals surface area (Å²) >= 11 is 0. The number of hydrogen-bond donors (Lipinski definition) is 0. The molecule has 0 aliphatic heterocycles. The van der Waals surface area contributed by atoms with E-state index < -0.39 is 32.9 Å². The van der Waals surface area contributed by atoms with Gasteiger partial charge < -0.3 is 37.9 Å². The van der Waals surface area contributed by atoms with Gasteiger partial charge in [0.2, 0.25) is 0 Å². The molecule has 0 radical (unpaired) electrons. The van der Waals surface area contributed by atoms with Gasteiger partial charge in [0, 0.05) is 59.4 Å². The summed E-state index contributed by atoms with van der Waals surface area (Å²) < 4.78 is 78.6. The molecule has 0 N–H and O–H groups in total. The summed E-state index contributed by atoms with van der Waals surface area (Å²) in [6.07, 6.45) is 31.7. The van der Waals surface area contributed by atoms with Gasteiger partial charge in [0.1, 0.15) is 45.7 Å². The van der Waals surface area contributed by atoms with Crippen molar-refractivity contribution < 1.29 is 46.3 Å². The molecular weight excluding hydrogens is 1030 g/mol. The molecule has 0 bridgehead atoms. The second-order valence-corrected chi connectivity index (χ2v) is 21.4. The van der Waals surface area contributed by atoms with Crippen LogP contribution in [0, 0.1) is 11.8 Å². The smallest absolute Gasteiger partial charge is 0.152 e. The maximum absolute atomic E-state index is 15.3. The highest BCUT2D eigenvalue weighted by Gasteiger charge is 2.41. The molecule has 416 valence electrons. The zero-order valence-electron chi connectivity index (χ0n) is 47.2. The minimum atomic E-state index is -3.91. The first kappa shape index (κ1) is 58.5. The molecule has 0 heterocycles. The van der Waals surface area contributed by atoms with E-state index in [1.807, 2.05) is 243 Å². The Morgan fingerprint density at radius 1 is 0.321 bits per heavy atom. The molecular formula is C70H70O10S. The van der Waals surface area contributed by atoms with E-state index in [0.29, 0.717) is 56.8 Å². The third-order valence-corrected chi connectivity index (χ3v) is 16.2. The summed E-state index contributed by atoms with van der Waals surface area (Å²) in [6, 6.07) is 46.4. The van der Waals surface area contributed by atoms with Crippen LogP contribution in [0.25, 0.3) is 36.5 Å². The van der Waals surface area contributed by atoms with Crippen molar-refractivity contribution in [1.29, 1.82) is 0 Å². The van der Waals surface area contributed by atoms with E-state index in [4.69, 9.17) is 37.9 Å². The molecule has 6 aromatic carbocycles. The van der Waals surface area contributed by atoms with E-state index in [-0.39, 0.29) is 11.5 Å². The van der Waals surface area contributed by atoms with Crippen molar-refractivity contribution in [2.75, 3.05) is 68.4 Å². The van der Waals surface area contributed by atoms with Crippen molar-refractivity contribution in [3.8, 4) is 34.5 Å². The summed E-state index contributed by atoms with van der Waals surface area (Å²) in [5.41, 5.74) is 5.37. The quantitative estimate of drug-likeness (QED) is 0.0581. The highest BCUT2D eigenvalue weighted by Crippen LogP contribution is 2.44. The fourth-order valence-electron chi connectivity index (χ4n) is 10.4. The van der Waals surface area contributed by atoms with Gasteiger partial charge in [-0.3, -0.25) is 0 Å². The Morgan fingerprint density at radius 3 is 0.741 bits per heavy atom. The van der Waals surface area contributed by atoms with Gasteiger partial charge in [-0.25, -0.2) is 8.42 Å². The van der Waals surface area contributed by atoms with Gasteiger partial charge in [0.15, 0.2) is 9.84 Å². The van der Waals surface area contributed by atoms with Crippen LogP contribution in [0.5, 0.6) is 34.5 Å². The van der Waals surface area contributed by atoms with Crippen LogP contribution in [0.1, 0.15) is 33.4 Å². The maximum atomic E-state index is 15.3. The van der Waals surface area contributed by atoms with Crippen molar-refractivity contribution in [3.05, 3.63) is 262 Å². The molecule has 6 aromatic rings. The highest BCUT2D eigenvalue weighted by atomic mass is 32.2. The van der Waals surface area contributed by atoms with Crippen LogP contribution < -0.4 is 28.4 Å². The van der Waals surface area contributed by atoms with Gasteiger partial charge in [-0.1, -0.05) is 194 Å². The molecule has 2 aliphatic carbocycles. The average Bonchev–Trinajstić information content (AvgIpc) is 3.69. The summed E-state index contributed by atoms with van der Waals surface area (Å²) in [7, 11) is 9.23. The fourth-order valence-corrected chi connectivity index (χ4v) is 12.1. The zero-order valence-corrected chi connectivity index (χ0v) is 48.0. The number of methoxy groups -OCH3 is 8. The van der Waals surface area contributed by atoms with E-state index in [1.165, 1.54) is 0 Å². The van der Waals surface area contributed by atoms with Gasteiger partial charge in [-0.05, 0) is 70.8 Å². The number of rotatable bonds is 24. The van der Waals surface area contributed by atoms with Crippen molar-refractivity contribution in [1.82, 2.24) is 0 Å². The number of para-hydroxylation sites is 6. The van der Waals surface area contributed by atoms with Gasteiger partial charge in [-0.15, -0.1) is 0 Å². The van der Waals surface area contributed by atoms with Crippen LogP contribution in [0.3, 0.4) is 0 Å². The van der Waals surface area contributed by atoms with Crippen molar-refractivity contribution in [3.63, 3.8) is 0 Å². The number of allylic oxidation sites excluding steroid dienone is 4. The summed E-state index contributed by atoms with van der Waals surface area (Å²) in [6.45, 7) is 0. The normalized spacial score (nSPS) is 19.5. The molecule has 0 saturated carbocycles. The Bertz CT molecular complexity index is 3210. The standard InChI is InChI=1S/C70H70O10S/c1-73-63-27-15-9-21-53(63)33-37-59-45-51(46-60(38-34-54-22-10-16-28-64(54)74-2)69(59,79-7)43-41-57-25-13-19-31-67(57)77-5)49-81(71,72)50-52-47-61(39-35-55-23-11-17-29-65(55)75-3)70(80-8,44-42-58-26-14-20-32-68(58)78-6)62(48-52)40-36-56-24-12-18-30-66(56)76-4/h9-48,51-52H,49-50H2,1-8H3/b37-33+,38-34+,39-35+,40-36+,43-41+,44-42+. The largest absolute Gasteiger partial charge is 0.496 e. The van der Waals surface area contributed by atoms with Crippen LogP contribution in [-0.2, 0) is 19.3 Å². The maximum Gasteiger partial charge on any atom is 0.152 e. The molecule has 11 heteroatoms. The third-order valence-electron chi connectivity index (χ3n) is 14.4. The Morgan fingerprint density at radius 2 is 0.531 bits per heavy atom. The number of sulfone groups is 1. The Kier molecular flexibility index (Phi) is 19.9. The zero-order chi connectivity index (χ0) is 57.2. The lowest BCUT2D eigenvalue weighted by molar-refractivity contribution is 0.0989. The van der Waals surface area contributed by atoms with Gasteiger partial charge in [0.05, 0.1) is 54.2 Å². The van der Waals surface area contributed by atoms with E-state index >= 15 is 8.42 Å². The summed E-state index contributed by atoms with van der Waals surface area (Å²) in [4.78, 5) is 0. The molecule has 0 aromatic heterocycles. The van der Waals surface area contributed by atoms with E-state index in [0.717, 1.165) is 33.4 Å². The molecule has 81 heavy (non-hydrogen) atoms. The fraction of sp³-hybridized carbons (Fsp3) is 0.200. The molecule has 0 amide bonds. The van der Waals surface area contributed by atoms with Crippen LogP contribution >= 0.6 is 0 Å². The lowest BCUT2D eigenvalue weighted by Gasteiger charge is -2.38. The number of benzene rings is 6. The van der Waals surface area contributed by atoms with Crippen molar-refractivity contribution in [2.24, 2.45) is 11.8 Å². The first-order valence-corrected chi connectivity index (χ1v) is 28.4. The Hall–Kier alpha value is -8.61. The molecule has 0 unspecified atom stereocenters. The number of hydrogen-bond acceptors (Lipinski definition) is 10. The Balaban J connectivity index is 1.28. The van der Waals surface area contributed by atoms with Crippen LogP contribution in [0.4, 0.5) is 0 Å². The minimum Gasteiger partial charge on any atom is -0.496 e. The SMILES string of the molecule is COc1ccccc1/C=C/C1=CC(CS(=O)(=O)CC2C=C(/C=C/c3ccccc3OC)C(/C=C/c3ccccc3OC)(OC)C(/C=C/c3ccccc3OC)=C2)C=C(/C=C/c2ccccc2OC)C1(/C=C/c1ccccc1OC)OC. The molecule has 0 fully saturated rings. The predicted molar refractivity (Wildman–Crippen MR) is 330 cm³/mol. The van der Waals surface area contributed by atoms with Gasteiger partial charge in [0.25, 0.3) is 0 Å². The van der Waals surface area contributed by atoms with E-state index in [1.54, 1.807) is 56.9 Å². The molecule has 0 saturated heterocycles. The molecule has 8 rings (SSSR count). The van der Waals surface area contributed by atoms with E-state index in [2.05, 4.69) is 0 Å². The van der Waals surface area contributed by atoms with Crippen molar-refractivity contribution >= 4 is 46.3 Å². The lowest BCUT2D eigenvalue weighted by Crippen LogP contribution is -2.38. The van der Waals surface area contributed by atoms with Crippen LogP contribution in [0.15, 0.2) is 229 Å². The highest BCUT2D eigenvalue weighted by molar-refractivity contribution is 7.91. The first-order chi connectivity index (χ1) is 39.4. The predicted octanol–water partition coefficient (Wildman–Crippen LogP) is 14.5. The molecule has 0 atom stereocenters. The molecule has 2 aliphatic rings. The lowest BCUT2D eigenvalue weighted by atomic mass is 9.77. The van der Waals surface area contributed by atoms with E-state index in [9.17, 15) is 0 Å².